The van der Waals surface area contributed by atoms with Crippen LogP contribution in [0, 0.1) is 5.92 Å². The number of rotatable bonds is 6. The number of aromatic hydroxyl groups is 1. The van der Waals surface area contributed by atoms with Crippen LogP contribution in [-0.2, 0) is 14.3 Å². The zero-order valence-corrected chi connectivity index (χ0v) is 19.4. The Hall–Kier alpha value is -3.75. The molecule has 9 heteroatoms. The fourth-order valence-corrected chi connectivity index (χ4v) is 4.27. The Morgan fingerprint density at radius 2 is 1.76 bits per heavy atom. The Morgan fingerprint density at radius 1 is 1.06 bits per heavy atom. The SMILES string of the molecule is CCOC(=O)[C@H]1C(=O)NC(N2CCN(c3ccccc3)CC2)=N[C@@H]1c1ccc(O)c(OCC)c1. The molecular formula is C25H30N4O5. The molecular weight excluding hydrogens is 436 g/mol. The minimum absolute atomic E-state index is 0.0141. The maximum atomic E-state index is 13.1. The molecule has 9 nitrogen and oxygen atoms in total. The second kappa shape index (κ2) is 10.5. The Labute approximate surface area is 199 Å². The number of anilines is 1. The van der Waals surface area contributed by atoms with Crippen molar-refractivity contribution in [1.29, 1.82) is 0 Å². The molecule has 2 heterocycles. The fourth-order valence-electron chi connectivity index (χ4n) is 4.27. The first-order valence-corrected chi connectivity index (χ1v) is 11.6. The number of phenols is 1. The van der Waals surface area contributed by atoms with Crippen LogP contribution in [-0.4, -0.2) is 67.2 Å². The summed E-state index contributed by atoms with van der Waals surface area (Å²) >= 11 is 0. The molecule has 1 saturated heterocycles. The Bertz CT molecular complexity index is 1050. The van der Waals surface area contributed by atoms with E-state index in [-0.39, 0.29) is 18.1 Å². The van der Waals surface area contributed by atoms with E-state index in [0.29, 0.717) is 31.2 Å². The number of carbonyl (C=O) groups excluding carboxylic acids is 2. The number of carbonyl (C=O) groups is 2. The number of aliphatic imine (C=N–C) groups is 1. The molecule has 0 bridgehead atoms. The fraction of sp³-hybridized carbons (Fsp3) is 0.400. The predicted octanol–water partition coefficient (Wildman–Crippen LogP) is 2.32. The molecule has 2 N–H and O–H groups in total. The lowest BCUT2D eigenvalue weighted by Gasteiger charge is -2.39. The summed E-state index contributed by atoms with van der Waals surface area (Å²) in [6.07, 6.45) is 0. The van der Waals surface area contributed by atoms with Crippen molar-refractivity contribution in [2.45, 2.75) is 19.9 Å². The molecule has 2 aliphatic heterocycles. The van der Waals surface area contributed by atoms with Gasteiger partial charge in [0.05, 0.1) is 13.2 Å². The van der Waals surface area contributed by atoms with E-state index in [1.807, 2.05) is 30.0 Å². The Kier molecular flexibility index (Phi) is 7.20. The molecule has 180 valence electrons. The van der Waals surface area contributed by atoms with Crippen LogP contribution in [0.4, 0.5) is 5.69 Å². The number of ether oxygens (including phenoxy) is 2. The van der Waals surface area contributed by atoms with Gasteiger partial charge in [-0.25, -0.2) is 4.99 Å². The molecule has 2 aromatic rings. The number of amides is 1. The molecule has 2 atom stereocenters. The molecule has 1 fully saturated rings. The highest BCUT2D eigenvalue weighted by Gasteiger charge is 2.42. The Morgan fingerprint density at radius 3 is 2.44 bits per heavy atom. The van der Waals surface area contributed by atoms with Crippen LogP contribution in [0.2, 0.25) is 0 Å². The van der Waals surface area contributed by atoms with E-state index in [0.717, 1.165) is 18.8 Å². The van der Waals surface area contributed by atoms with Gasteiger partial charge in [0.2, 0.25) is 11.9 Å². The maximum Gasteiger partial charge on any atom is 0.321 e. The summed E-state index contributed by atoms with van der Waals surface area (Å²) in [6.45, 7) is 6.93. The first kappa shape index (κ1) is 23.4. The van der Waals surface area contributed by atoms with E-state index in [2.05, 4.69) is 22.3 Å². The van der Waals surface area contributed by atoms with Crippen LogP contribution in [0.5, 0.6) is 11.5 Å². The van der Waals surface area contributed by atoms with Crippen LogP contribution in [0.25, 0.3) is 0 Å². The summed E-state index contributed by atoms with van der Waals surface area (Å²) in [5, 5.41) is 12.9. The van der Waals surface area contributed by atoms with Gasteiger partial charge in [0, 0.05) is 31.9 Å². The van der Waals surface area contributed by atoms with Gasteiger partial charge in [-0.2, -0.15) is 0 Å². The summed E-state index contributed by atoms with van der Waals surface area (Å²) < 4.78 is 10.7. The van der Waals surface area contributed by atoms with Crippen molar-refractivity contribution in [2.75, 3.05) is 44.3 Å². The number of hydrogen-bond acceptors (Lipinski definition) is 8. The first-order valence-electron chi connectivity index (χ1n) is 11.6. The summed E-state index contributed by atoms with van der Waals surface area (Å²) in [7, 11) is 0. The number of phenolic OH excluding ortho intramolecular Hbond substituents is 1. The van der Waals surface area contributed by atoms with E-state index in [1.165, 1.54) is 6.07 Å². The van der Waals surface area contributed by atoms with Crippen LogP contribution >= 0.6 is 0 Å². The third-order valence-corrected chi connectivity index (χ3v) is 5.96. The lowest BCUT2D eigenvalue weighted by Crippen LogP contribution is -2.57. The van der Waals surface area contributed by atoms with Crippen molar-refractivity contribution >= 4 is 23.5 Å². The second-order valence-corrected chi connectivity index (χ2v) is 8.09. The summed E-state index contributed by atoms with van der Waals surface area (Å²) in [5.74, 6) is -1.51. The highest BCUT2D eigenvalue weighted by molar-refractivity contribution is 6.08. The standard InChI is InChI=1S/C25H30N4O5/c1-3-33-20-16-17(10-11-19(20)30)22-21(24(32)34-4-2)23(31)27-25(26-22)29-14-12-28(13-15-29)18-8-6-5-7-9-18/h5-11,16,21-22,30H,3-4,12-15H2,1-2H3,(H,26,27,31)/t21-,22-/m1/s1. The molecule has 34 heavy (non-hydrogen) atoms. The van der Waals surface area contributed by atoms with Crippen LogP contribution in [0.1, 0.15) is 25.5 Å². The minimum atomic E-state index is -1.13. The lowest BCUT2D eigenvalue weighted by molar-refractivity contribution is -0.153. The highest BCUT2D eigenvalue weighted by atomic mass is 16.5. The van der Waals surface area contributed by atoms with Gasteiger partial charge < -0.3 is 24.4 Å². The molecule has 4 rings (SSSR count). The minimum Gasteiger partial charge on any atom is -0.504 e. The van der Waals surface area contributed by atoms with Gasteiger partial charge in [0.1, 0.15) is 6.04 Å². The van der Waals surface area contributed by atoms with Crippen molar-refractivity contribution in [1.82, 2.24) is 10.2 Å². The largest absolute Gasteiger partial charge is 0.504 e. The Balaban J connectivity index is 1.61. The van der Waals surface area contributed by atoms with E-state index >= 15 is 0 Å². The molecule has 0 aliphatic carbocycles. The molecule has 0 radical (unpaired) electrons. The summed E-state index contributed by atoms with van der Waals surface area (Å²) in [4.78, 5) is 34.9. The number of nitrogens with one attached hydrogen (secondary N) is 1. The number of guanidine groups is 1. The lowest BCUT2D eigenvalue weighted by atomic mass is 9.91. The van der Waals surface area contributed by atoms with Gasteiger partial charge in [0.25, 0.3) is 0 Å². The average molecular weight is 467 g/mol. The van der Waals surface area contributed by atoms with Crippen LogP contribution in [0.15, 0.2) is 53.5 Å². The molecule has 0 unspecified atom stereocenters. The monoisotopic (exact) mass is 466 g/mol. The molecule has 1 amide bonds. The second-order valence-electron chi connectivity index (χ2n) is 8.09. The number of para-hydroxylation sites is 1. The van der Waals surface area contributed by atoms with Crippen LogP contribution < -0.4 is 15.0 Å². The van der Waals surface area contributed by atoms with Gasteiger partial charge in [-0.15, -0.1) is 0 Å². The number of esters is 1. The van der Waals surface area contributed by atoms with Crippen molar-refractivity contribution < 1.29 is 24.2 Å². The van der Waals surface area contributed by atoms with E-state index in [1.54, 1.807) is 19.1 Å². The number of piperazine rings is 1. The first-order chi connectivity index (χ1) is 16.5. The van der Waals surface area contributed by atoms with Crippen molar-refractivity contribution in [3.8, 4) is 11.5 Å². The third-order valence-electron chi connectivity index (χ3n) is 5.96. The summed E-state index contributed by atoms with van der Waals surface area (Å²) in [5.41, 5.74) is 1.75. The molecule has 2 aliphatic rings. The predicted molar refractivity (Wildman–Crippen MR) is 128 cm³/mol. The normalized spacial score (nSPS) is 20.4. The molecule has 0 aromatic heterocycles. The number of benzene rings is 2. The smallest absolute Gasteiger partial charge is 0.321 e. The number of hydrogen-bond donors (Lipinski definition) is 2. The van der Waals surface area contributed by atoms with Gasteiger partial charge in [-0.05, 0) is 43.7 Å². The highest BCUT2D eigenvalue weighted by Crippen LogP contribution is 2.36. The van der Waals surface area contributed by atoms with Gasteiger partial charge >= 0.3 is 5.97 Å². The van der Waals surface area contributed by atoms with Gasteiger partial charge in [-0.1, -0.05) is 24.3 Å². The topological polar surface area (TPSA) is 104 Å². The van der Waals surface area contributed by atoms with Gasteiger partial charge in [-0.3, -0.25) is 14.9 Å². The molecule has 0 spiro atoms. The zero-order chi connectivity index (χ0) is 24.1. The van der Waals surface area contributed by atoms with Gasteiger partial charge in [0.15, 0.2) is 17.4 Å². The van der Waals surface area contributed by atoms with Crippen molar-refractivity contribution in [3.63, 3.8) is 0 Å². The van der Waals surface area contributed by atoms with Crippen LogP contribution in [0.3, 0.4) is 0 Å². The van der Waals surface area contributed by atoms with E-state index in [4.69, 9.17) is 14.5 Å². The average Bonchev–Trinajstić information content (AvgIpc) is 2.86. The molecule has 0 saturated carbocycles. The van der Waals surface area contributed by atoms with Crippen molar-refractivity contribution in [2.24, 2.45) is 10.9 Å². The summed E-state index contributed by atoms with van der Waals surface area (Å²) in [6, 6.07) is 14.2. The zero-order valence-electron chi connectivity index (χ0n) is 19.4. The quantitative estimate of drug-likeness (QED) is 0.497. The van der Waals surface area contributed by atoms with Crippen molar-refractivity contribution in [3.05, 3.63) is 54.1 Å². The number of nitrogens with zero attached hydrogens (tertiary/aromatic N) is 3. The van der Waals surface area contributed by atoms with E-state index < -0.39 is 23.8 Å². The molecule has 2 aromatic carbocycles. The maximum absolute atomic E-state index is 13.1. The van der Waals surface area contributed by atoms with E-state index in [9.17, 15) is 14.7 Å². The third kappa shape index (κ3) is 4.93.